The number of nitrogens with two attached hydrogens (primary N) is 1. The zero-order chi connectivity index (χ0) is 15.6. The molecule has 2 rings (SSSR count). The Bertz CT molecular complexity index is 532. The predicted molar refractivity (Wildman–Crippen MR) is 82.9 cm³/mol. The monoisotopic (exact) mass is 293 g/mol. The van der Waals surface area contributed by atoms with Gasteiger partial charge in [0.1, 0.15) is 5.69 Å². The first-order chi connectivity index (χ1) is 9.83. The van der Waals surface area contributed by atoms with Gasteiger partial charge in [0.25, 0.3) is 5.69 Å². The molecule has 3 N–H and O–H groups in total. The van der Waals surface area contributed by atoms with Crippen LogP contribution in [0.2, 0.25) is 0 Å². The van der Waals surface area contributed by atoms with Gasteiger partial charge >= 0.3 is 0 Å². The second kappa shape index (κ2) is 5.97. The largest absolute Gasteiger partial charge is 0.318 e. The van der Waals surface area contributed by atoms with Gasteiger partial charge in [-0.15, -0.1) is 0 Å². The Morgan fingerprint density at radius 2 is 2.14 bits per heavy atom. The van der Waals surface area contributed by atoms with Crippen LogP contribution in [0.4, 0.5) is 11.4 Å². The smallest absolute Gasteiger partial charge is 0.293 e. The van der Waals surface area contributed by atoms with Crippen LogP contribution in [0.1, 0.15) is 19.4 Å². The Labute approximate surface area is 124 Å². The summed E-state index contributed by atoms with van der Waals surface area (Å²) in [5.74, 6) is 5.38. The van der Waals surface area contributed by atoms with E-state index in [1.165, 1.54) is 6.07 Å². The Hall–Kier alpha value is -1.70. The van der Waals surface area contributed by atoms with E-state index in [-0.39, 0.29) is 11.2 Å². The Morgan fingerprint density at radius 1 is 1.43 bits per heavy atom. The number of hydrogen-bond donors (Lipinski definition) is 2. The summed E-state index contributed by atoms with van der Waals surface area (Å²) in [6.45, 7) is 8.18. The van der Waals surface area contributed by atoms with Gasteiger partial charge in [-0.25, -0.2) is 0 Å². The number of hydrazine groups is 1. The molecule has 0 bridgehead atoms. The predicted octanol–water partition coefficient (Wildman–Crippen LogP) is 1.41. The lowest BCUT2D eigenvalue weighted by Gasteiger charge is -2.45. The molecule has 1 heterocycles. The molecule has 0 amide bonds. The van der Waals surface area contributed by atoms with Gasteiger partial charge in [0, 0.05) is 37.8 Å². The van der Waals surface area contributed by atoms with Gasteiger partial charge in [0.2, 0.25) is 0 Å². The number of likely N-dealkylation sites (N-methyl/N-ethyl adjacent to an activating group) is 1. The van der Waals surface area contributed by atoms with Crippen molar-refractivity contribution in [2.75, 3.05) is 32.1 Å². The molecule has 0 unspecified atom stereocenters. The second-order valence-corrected chi connectivity index (χ2v) is 6.20. The molecule has 1 aliphatic rings. The summed E-state index contributed by atoms with van der Waals surface area (Å²) in [5, 5.41) is 10.9. The van der Waals surface area contributed by atoms with Crippen LogP contribution < -0.4 is 11.3 Å². The van der Waals surface area contributed by atoms with E-state index < -0.39 is 4.92 Å². The van der Waals surface area contributed by atoms with Crippen LogP contribution in [0.5, 0.6) is 0 Å². The molecule has 0 atom stereocenters. The molecule has 116 valence electrons. The first-order valence-electron chi connectivity index (χ1n) is 7.01. The minimum absolute atomic E-state index is 0.0000395. The fourth-order valence-electron chi connectivity index (χ4n) is 2.69. The zero-order valence-corrected chi connectivity index (χ0v) is 12.8. The van der Waals surface area contributed by atoms with Crippen molar-refractivity contribution < 1.29 is 4.92 Å². The van der Waals surface area contributed by atoms with E-state index in [2.05, 4.69) is 36.1 Å². The van der Waals surface area contributed by atoms with Gasteiger partial charge in [0.15, 0.2) is 0 Å². The summed E-state index contributed by atoms with van der Waals surface area (Å²) < 4.78 is 0. The van der Waals surface area contributed by atoms with Crippen LogP contribution in [0, 0.1) is 10.1 Å². The number of nitro benzene ring substituents is 1. The van der Waals surface area contributed by atoms with Crippen molar-refractivity contribution in [1.82, 2.24) is 9.80 Å². The molecule has 7 heteroatoms. The topological polar surface area (TPSA) is 87.7 Å². The first-order valence-corrected chi connectivity index (χ1v) is 7.01. The van der Waals surface area contributed by atoms with Crippen LogP contribution in [-0.4, -0.2) is 46.9 Å². The molecule has 1 fully saturated rings. The first kappa shape index (κ1) is 15.7. The number of hydrogen-bond acceptors (Lipinski definition) is 6. The minimum Gasteiger partial charge on any atom is -0.318 e. The number of benzene rings is 1. The summed E-state index contributed by atoms with van der Waals surface area (Å²) >= 11 is 0. The van der Waals surface area contributed by atoms with E-state index in [0.29, 0.717) is 5.69 Å². The number of nitrogen functional groups attached to an aromatic ring is 1. The highest BCUT2D eigenvalue weighted by molar-refractivity contribution is 5.62. The van der Waals surface area contributed by atoms with Crippen molar-refractivity contribution in [2.24, 2.45) is 5.84 Å². The van der Waals surface area contributed by atoms with Gasteiger partial charge in [-0.3, -0.25) is 25.8 Å². The molecule has 1 aromatic carbocycles. The molecule has 21 heavy (non-hydrogen) atoms. The highest BCUT2D eigenvalue weighted by Gasteiger charge is 2.30. The number of nitrogens with one attached hydrogen (secondary N) is 1. The normalized spacial score (nSPS) is 19.4. The minimum atomic E-state index is -0.433. The van der Waals surface area contributed by atoms with Crippen molar-refractivity contribution >= 4 is 11.4 Å². The average Bonchev–Trinajstić information content (AvgIpc) is 2.42. The zero-order valence-electron chi connectivity index (χ0n) is 12.8. The van der Waals surface area contributed by atoms with Gasteiger partial charge in [0.05, 0.1) is 4.92 Å². The van der Waals surface area contributed by atoms with E-state index >= 15 is 0 Å². The Kier molecular flexibility index (Phi) is 4.46. The number of nitrogens with zero attached hydrogens (tertiary/aromatic N) is 3. The molecule has 0 saturated carbocycles. The van der Waals surface area contributed by atoms with Crippen LogP contribution in [-0.2, 0) is 6.54 Å². The van der Waals surface area contributed by atoms with Crippen LogP contribution in [0.15, 0.2) is 18.2 Å². The molecular formula is C14H23N5O2. The summed E-state index contributed by atoms with van der Waals surface area (Å²) in [6.07, 6.45) is 0. The number of rotatable bonds is 4. The van der Waals surface area contributed by atoms with Gasteiger partial charge < -0.3 is 5.43 Å². The Morgan fingerprint density at radius 3 is 2.71 bits per heavy atom. The second-order valence-electron chi connectivity index (χ2n) is 6.20. The van der Waals surface area contributed by atoms with Crippen molar-refractivity contribution in [3.63, 3.8) is 0 Å². The lowest BCUT2D eigenvalue weighted by atomic mass is 9.99. The fraction of sp³-hybridized carbons (Fsp3) is 0.571. The van der Waals surface area contributed by atoms with Crippen molar-refractivity contribution in [3.8, 4) is 0 Å². The third-order valence-electron chi connectivity index (χ3n) is 4.21. The van der Waals surface area contributed by atoms with Gasteiger partial charge in [-0.2, -0.15) is 0 Å². The SMILES string of the molecule is CN1CCN(Cc2ccc([N+](=O)[O-])c(NN)c2)CC1(C)C. The summed E-state index contributed by atoms with van der Waals surface area (Å²) in [6, 6.07) is 5.06. The van der Waals surface area contributed by atoms with E-state index in [9.17, 15) is 10.1 Å². The van der Waals surface area contributed by atoms with E-state index in [4.69, 9.17) is 5.84 Å². The van der Waals surface area contributed by atoms with Crippen molar-refractivity contribution in [3.05, 3.63) is 33.9 Å². The maximum atomic E-state index is 10.9. The molecule has 1 saturated heterocycles. The summed E-state index contributed by atoms with van der Waals surface area (Å²) in [4.78, 5) is 15.2. The van der Waals surface area contributed by atoms with E-state index in [1.807, 2.05) is 0 Å². The fourth-order valence-corrected chi connectivity index (χ4v) is 2.69. The average molecular weight is 293 g/mol. The molecule has 0 radical (unpaired) electrons. The molecule has 1 aromatic rings. The van der Waals surface area contributed by atoms with Crippen molar-refractivity contribution in [2.45, 2.75) is 25.9 Å². The highest BCUT2D eigenvalue weighted by atomic mass is 16.6. The van der Waals surface area contributed by atoms with E-state index in [0.717, 1.165) is 31.7 Å². The third-order valence-corrected chi connectivity index (χ3v) is 4.21. The molecule has 0 aromatic heterocycles. The maximum absolute atomic E-state index is 10.9. The molecular weight excluding hydrogens is 270 g/mol. The van der Waals surface area contributed by atoms with E-state index in [1.54, 1.807) is 12.1 Å². The molecule has 7 nitrogen and oxygen atoms in total. The van der Waals surface area contributed by atoms with Gasteiger partial charge in [-0.05, 0) is 32.5 Å². The van der Waals surface area contributed by atoms with Crippen LogP contribution >= 0.6 is 0 Å². The third kappa shape index (κ3) is 3.49. The summed E-state index contributed by atoms with van der Waals surface area (Å²) in [5.41, 5.74) is 3.92. The lowest BCUT2D eigenvalue weighted by Crippen LogP contribution is -2.57. The molecule has 0 spiro atoms. The number of piperazine rings is 1. The molecule has 0 aliphatic carbocycles. The maximum Gasteiger partial charge on any atom is 0.293 e. The Balaban J connectivity index is 2.12. The lowest BCUT2D eigenvalue weighted by molar-refractivity contribution is -0.384. The van der Waals surface area contributed by atoms with Gasteiger partial charge in [-0.1, -0.05) is 6.07 Å². The standard InChI is InChI=1S/C14H23N5O2/c1-14(2)10-18(7-6-17(14)3)9-11-4-5-13(19(20)21)12(8-11)16-15/h4-5,8,16H,6-7,9-10,15H2,1-3H3. The summed E-state index contributed by atoms with van der Waals surface area (Å²) in [7, 11) is 2.14. The highest BCUT2D eigenvalue weighted by Crippen LogP contribution is 2.26. The quantitative estimate of drug-likeness (QED) is 0.496. The van der Waals surface area contributed by atoms with Crippen LogP contribution in [0.25, 0.3) is 0 Å². The van der Waals surface area contributed by atoms with Crippen molar-refractivity contribution in [1.29, 1.82) is 0 Å². The van der Waals surface area contributed by atoms with Crippen LogP contribution in [0.3, 0.4) is 0 Å². The molecule has 1 aliphatic heterocycles. The number of nitro groups is 1. The number of anilines is 1.